The largest absolute Gasteiger partial charge is 0.354 e. The fourth-order valence-electron chi connectivity index (χ4n) is 2.23. The summed E-state index contributed by atoms with van der Waals surface area (Å²) in [5, 5.41) is 7.26. The van der Waals surface area contributed by atoms with E-state index in [2.05, 4.69) is 20.6 Å². The van der Waals surface area contributed by atoms with Gasteiger partial charge >= 0.3 is 0 Å². The molecule has 0 saturated heterocycles. The summed E-state index contributed by atoms with van der Waals surface area (Å²) in [6, 6.07) is 13.4. The molecule has 0 spiro atoms. The maximum absolute atomic E-state index is 12.9. The van der Waals surface area contributed by atoms with Crippen LogP contribution in [0.4, 0.5) is 21.8 Å². The number of benzene rings is 2. The normalized spacial score (nSPS) is 10.5. The first kappa shape index (κ1) is 17.5. The van der Waals surface area contributed by atoms with Gasteiger partial charge in [-0.3, -0.25) is 0 Å². The van der Waals surface area contributed by atoms with Gasteiger partial charge in [-0.25, -0.2) is 9.37 Å². The Balaban J connectivity index is 1.62. The number of nitrogens with zero attached hydrogens (tertiary/aromatic N) is 2. The fraction of sp³-hybridized carbons (Fsp3) is 0.111. The Morgan fingerprint density at radius 3 is 2.40 bits per heavy atom. The molecule has 1 aromatic heterocycles. The van der Waals surface area contributed by atoms with Crippen molar-refractivity contribution in [2.75, 3.05) is 17.2 Å². The van der Waals surface area contributed by atoms with Gasteiger partial charge in [0.2, 0.25) is 5.95 Å². The lowest BCUT2D eigenvalue weighted by atomic mass is 10.1. The molecule has 0 saturated carbocycles. The van der Waals surface area contributed by atoms with Crippen LogP contribution in [0.15, 0.2) is 54.7 Å². The number of para-hydroxylation sites is 1. The van der Waals surface area contributed by atoms with Gasteiger partial charge in [-0.15, -0.1) is 0 Å². The zero-order valence-electron chi connectivity index (χ0n) is 13.1. The molecule has 4 nitrogen and oxygen atoms in total. The molecule has 3 rings (SSSR count). The second-order valence-corrected chi connectivity index (χ2v) is 6.10. The van der Waals surface area contributed by atoms with Gasteiger partial charge in [0.1, 0.15) is 11.6 Å². The molecule has 0 bridgehead atoms. The Kier molecular flexibility index (Phi) is 5.68. The molecule has 0 aliphatic carbocycles. The van der Waals surface area contributed by atoms with Gasteiger partial charge in [-0.1, -0.05) is 41.4 Å². The van der Waals surface area contributed by atoms with E-state index in [1.807, 2.05) is 0 Å². The minimum absolute atomic E-state index is 0.239. The number of anilines is 3. The van der Waals surface area contributed by atoms with Crippen molar-refractivity contribution in [2.24, 2.45) is 0 Å². The smallest absolute Gasteiger partial charge is 0.224 e. The quantitative estimate of drug-likeness (QED) is 0.610. The average molecular weight is 377 g/mol. The Morgan fingerprint density at radius 2 is 1.68 bits per heavy atom. The van der Waals surface area contributed by atoms with E-state index in [-0.39, 0.29) is 5.82 Å². The van der Waals surface area contributed by atoms with Gasteiger partial charge in [0.15, 0.2) is 0 Å². The van der Waals surface area contributed by atoms with Crippen LogP contribution in [0.3, 0.4) is 0 Å². The molecule has 7 heteroatoms. The number of nitrogens with one attached hydrogen (secondary N) is 2. The highest BCUT2D eigenvalue weighted by Gasteiger charge is 2.07. The first-order valence-electron chi connectivity index (χ1n) is 7.64. The second-order valence-electron chi connectivity index (χ2n) is 5.29. The van der Waals surface area contributed by atoms with E-state index in [1.54, 1.807) is 42.6 Å². The van der Waals surface area contributed by atoms with Crippen LogP contribution in [-0.4, -0.2) is 16.5 Å². The lowest BCUT2D eigenvalue weighted by Gasteiger charge is -2.11. The molecule has 0 aliphatic rings. The zero-order valence-corrected chi connectivity index (χ0v) is 14.7. The highest BCUT2D eigenvalue weighted by Crippen LogP contribution is 2.32. The number of hydrogen-bond acceptors (Lipinski definition) is 4. The van der Waals surface area contributed by atoms with Gasteiger partial charge in [0.05, 0.1) is 15.7 Å². The summed E-state index contributed by atoms with van der Waals surface area (Å²) < 4.78 is 12.9. The number of halogens is 3. The Bertz CT molecular complexity index is 836. The molecule has 2 N–H and O–H groups in total. The van der Waals surface area contributed by atoms with Gasteiger partial charge in [-0.2, -0.15) is 4.98 Å². The fourth-order valence-corrected chi connectivity index (χ4v) is 2.72. The summed E-state index contributed by atoms with van der Waals surface area (Å²) in [6.07, 6.45) is 2.37. The SMILES string of the molecule is Fc1ccc(CCNc2nccc(Nc3c(Cl)cccc3Cl)n2)cc1. The second kappa shape index (κ2) is 8.14. The van der Waals surface area contributed by atoms with Crippen LogP contribution < -0.4 is 10.6 Å². The standard InChI is InChI=1S/C18H15Cl2FN4/c19-14-2-1-3-15(20)17(14)24-16-9-11-23-18(25-16)22-10-8-12-4-6-13(21)7-5-12/h1-7,9,11H,8,10H2,(H2,22,23,24,25). The van der Waals surface area contributed by atoms with Crippen LogP contribution in [0.1, 0.15) is 5.56 Å². The van der Waals surface area contributed by atoms with Crippen LogP contribution in [0.25, 0.3) is 0 Å². The van der Waals surface area contributed by atoms with Crippen molar-refractivity contribution in [1.82, 2.24) is 9.97 Å². The molecule has 3 aromatic rings. The number of hydrogen-bond donors (Lipinski definition) is 2. The summed E-state index contributed by atoms with van der Waals surface area (Å²) in [6.45, 7) is 0.627. The van der Waals surface area contributed by atoms with E-state index in [1.165, 1.54) is 12.1 Å². The van der Waals surface area contributed by atoms with Gasteiger partial charge in [0, 0.05) is 12.7 Å². The lowest BCUT2D eigenvalue weighted by molar-refractivity contribution is 0.627. The predicted molar refractivity (Wildman–Crippen MR) is 100 cm³/mol. The Morgan fingerprint density at radius 1 is 0.960 bits per heavy atom. The lowest BCUT2D eigenvalue weighted by Crippen LogP contribution is -2.08. The number of aromatic nitrogens is 2. The zero-order chi connectivity index (χ0) is 17.6. The molecule has 0 amide bonds. The van der Waals surface area contributed by atoms with E-state index < -0.39 is 0 Å². The molecule has 25 heavy (non-hydrogen) atoms. The van der Waals surface area contributed by atoms with E-state index >= 15 is 0 Å². The molecule has 0 fully saturated rings. The first-order valence-corrected chi connectivity index (χ1v) is 8.40. The van der Waals surface area contributed by atoms with E-state index in [9.17, 15) is 4.39 Å². The van der Waals surface area contributed by atoms with Gasteiger partial charge in [-0.05, 0) is 42.3 Å². The van der Waals surface area contributed by atoms with Crippen LogP contribution in [-0.2, 0) is 6.42 Å². The summed E-state index contributed by atoms with van der Waals surface area (Å²) in [5.74, 6) is 0.821. The third-order valence-electron chi connectivity index (χ3n) is 3.48. The third kappa shape index (κ3) is 4.81. The summed E-state index contributed by atoms with van der Waals surface area (Å²) in [7, 11) is 0. The molecule has 0 unspecified atom stereocenters. The van der Waals surface area contributed by atoms with Gasteiger partial charge < -0.3 is 10.6 Å². The molecule has 0 aliphatic heterocycles. The molecule has 1 heterocycles. The highest BCUT2D eigenvalue weighted by atomic mass is 35.5. The van der Waals surface area contributed by atoms with Crippen molar-refractivity contribution in [3.63, 3.8) is 0 Å². The summed E-state index contributed by atoms with van der Waals surface area (Å²) in [4.78, 5) is 8.57. The van der Waals surface area contributed by atoms with E-state index in [0.29, 0.717) is 34.0 Å². The van der Waals surface area contributed by atoms with Crippen LogP contribution in [0.2, 0.25) is 10.0 Å². The van der Waals surface area contributed by atoms with Crippen LogP contribution in [0, 0.1) is 5.82 Å². The van der Waals surface area contributed by atoms with Crippen molar-refractivity contribution in [2.45, 2.75) is 6.42 Å². The summed E-state index contributed by atoms with van der Waals surface area (Å²) in [5.41, 5.74) is 1.63. The summed E-state index contributed by atoms with van der Waals surface area (Å²) >= 11 is 12.3. The molecule has 2 aromatic carbocycles. The average Bonchev–Trinajstić information content (AvgIpc) is 2.60. The molecular weight excluding hydrogens is 362 g/mol. The molecule has 0 radical (unpaired) electrons. The monoisotopic (exact) mass is 376 g/mol. The maximum atomic E-state index is 12.9. The van der Waals surface area contributed by atoms with Gasteiger partial charge in [0.25, 0.3) is 0 Å². The first-order chi connectivity index (χ1) is 12.1. The van der Waals surface area contributed by atoms with E-state index in [0.717, 1.165) is 12.0 Å². The van der Waals surface area contributed by atoms with Crippen molar-refractivity contribution >= 4 is 40.7 Å². The highest BCUT2D eigenvalue weighted by molar-refractivity contribution is 6.39. The third-order valence-corrected chi connectivity index (χ3v) is 4.11. The predicted octanol–water partition coefficient (Wildman–Crippen LogP) is 5.32. The molecular formula is C18H15Cl2FN4. The minimum Gasteiger partial charge on any atom is -0.354 e. The molecule has 0 atom stereocenters. The Labute approximate surface area is 155 Å². The van der Waals surface area contributed by atoms with Crippen molar-refractivity contribution in [3.8, 4) is 0 Å². The number of rotatable bonds is 6. The minimum atomic E-state index is -0.239. The van der Waals surface area contributed by atoms with Crippen LogP contribution in [0.5, 0.6) is 0 Å². The topological polar surface area (TPSA) is 49.8 Å². The van der Waals surface area contributed by atoms with Crippen LogP contribution >= 0.6 is 23.2 Å². The van der Waals surface area contributed by atoms with Crippen molar-refractivity contribution < 1.29 is 4.39 Å². The maximum Gasteiger partial charge on any atom is 0.224 e. The van der Waals surface area contributed by atoms with Crippen molar-refractivity contribution in [3.05, 3.63) is 76.2 Å². The van der Waals surface area contributed by atoms with E-state index in [4.69, 9.17) is 23.2 Å². The molecule has 128 valence electrons. The Hall–Kier alpha value is -2.37. The van der Waals surface area contributed by atoms with Crippen molar-refractivity contribution in [1.29, 1.82) is 0 Å².